The Kier molecular flexibility index (Phi) is 2.23. The molecular weight excluding hydrogens is 174 g/mol. The smallest absolute Gasteiger partial charge is 0.119 e. The molecule has 76 valence electrons. The first-order valence-corrected chi connectivity index (χ1v) is 5.18. The van der Waals surface area contributed by atoms with Gasteiger partial charge in [0, 0.05) is 11.0 Å². The number of hydrogen-bond donors (Lipinski definition) is 2. The first-order chi connectivity index (χ1) is 6.68. The summed E-state index contributed by atoms with van der Waals surface area (Å²) < 4.78 is 0. The van der Waals surface area contributed by atoms with Crippen molar-refractivity contribution in [3.8, 4) is 5.75 Å². The van der Waals surface area contributed by atoms with Crippen LogP contribution in [0, 0.1) is 6.92 Å². The summed E-state index contributed by atoms with van der Waals surface area (Å²) >= 11 is 0. The topological polar surface area (TPSA) is 46.2 Å². The second-order valence-electron chi connectivity index (χ2n) is 4.34. The molecule has 1 saturated carbocycles. The molecule has 14 heavy (non-hydrogen) atoms. The molecule has 0 aliphatic heterocycles. The highest BCUT2D eigenvalue weighted by Gasteiger charge is 2.44. The van der Waals surface area contributed by atoms with Gasteiger partial charge in [-0.3, -0.25) is 0 Å². The zero-order valence-electron chi connectivity index (χ0n) is 8.59. The van der Waals surface area contributed by atoms with Gasteiger partial charge in [-0.1, -0.05) is 17.7 Å². The third kappa shape index (κ3) is 1.50. The van der Waals surface area contributed by atoms with E-state index >= 15 is 0 Å². The zero-order chi connectivity index (χ0) is 10.2. The van der Waals surface area contributed by atoms with Crippen LogP contribution < -0.4 is 5.73 Å². The van der Waals surface area contributed by atoms with Crippen molar-refractivity contribution in [3.05, 3.63) is 29.3 Å². The van der Waals surface area contributed by atoms with Crippen LogP contribution in [0.1, 0.15) is 30.4 Å². The van der Waals surface area contributed by atoms with Crippen molar-refractivity contribution >= 4 is 0 Å². The Hall–Kier alpha value is -1.02. The van der Waals surface area contributed by atoms with Gasteiger partial charge in [0.25, 0.3) is 0 Å². The third-order valence-electron chi connectivity index (χ3n) is 3.20. The van der Waals surface area contributed by atoms with E-state index in [0.717, 1.165) is 12.0 Å². The normalized spacial score (nSPS) is 18.1. The molecule has 0 radical (unpaired) electrons. The summed E-state index contributed by atoms with van der Waals surface area (Å²) in [5.74, 6) is 0.432. The maximum atomic E-state index is 9.80. The SMILES string of the molecule is Cc1ccc(O)c(C2(CCN)CC2)c1. The predicted octanol–water partition coefficient (Wildman–Crippen LogP) is 2.08. The number of hydrogen-bond acceptors (Lipinski definition) is 2. The largest absolute Gasteiger partial charge is 0.508 e. The van der Waals surface area contributed by atoms with Crippen molar-refractivity contribution in [2.24, 2.45) is 5.73 Å². The molecule has 0 saturated heterocycles. The van der Waals surface area contributed by atoms with E-state index < -0.39 is 0 Å². The fourth-order valence-corrected chi connectivity index (χ4v) is 2.16. The van der Waals surface area contributed by atoms with Crippen LogP contribution in [-0.4, -0.2) is 11.7 Å². The maximum absolute atomic E-state index is 9.80. The van der Waals surface area contributed by atoms with Crippen LogP contribution in [0.15, 0.2) is 18.2 Å². The van der Waals surface area contributed by atoms with E-state index in [1.807, 2.05) is 6.07 Å². The molecule has 0 atom stereocenters. The van der Waals surface area contributed by atoms with E-state index in [2.05, 4.69) is 13.0 Å². The van der Waals surface area contributed by atoms with Crippen LogP contribution in [-0.2, 0) is 5.41 Å². The second kappa shape index (κ2) is 3.28. The van der Waals surface area contributed by atoms with E-state index in [1.54, 1.807) is 6.07 Å². The minimum atomic E-state index is 0.199. The van der Waals surface area contributed by atoms with Crippen LogP contribution in [0.4, 0.5) is 0 Å². The predicted molar refractivity (Wildman–Crippen MR) is 57.4 cm³/mol. The first kappa shape index (κ1) is 9.53. The van der Waals surface area contributed by atoms with Gasteiger partial charge in [0.1, 0.15) is 5.75 Å². The van der Waals surface area contributed by atoms with Crippen LogP contribution in [0.25, 0.3) is 0 Å². The molecule has 1 aliphatic rings. The minimum Gasteiger partial charge on any atom is -0.508 e. The Bertz CT molecular complexity index is 342. The van der Waals surface area contributed by atoms with Gasteiger partial charge in [0.15, 0.2) is 0 Å². The summed E-state index contributed by atoms with van der Waals surface area (Å²) in [4.78, 5) is 0. The third-order valence-corrected chi connectivity index (χ3v) is 3.20. The first-order valence-electron chi connectivity index (χ1n) is 5.18. The molecule has 2 rings (SSSR count). The van der Waals surface area contributed by atoms with Crippen LogP contribution in [0.2, 0.25) is 0 Å². The molecule has 0 unspecified atom stereocenters. The summed E-state index contributed by atoms with van der Waals surface area (Å²) in [6.07, 6.45) is 3.33. The van der Waals surface area contributed by atoms with Crippen LogP contribution >= 0.6 is 0 Å². The van der Waals surface area contributed by atoms with Gasteiger partial charge < -0.3 is 10.8 Å². The van der Waals surface area contributed by atoms with Gasteiger partial charge >= 0.3 is 0 Å². The molecule has 1 aromatic rings. The fraction of sp³-hybridized carbons (Fsp3) is 0.500. The average Bonchev–Trinajstić information content (AvgIpc) is 2.91. The number of benzene rings is 1. The van der Waals surface area contributed by atoms with E-state index in [0.29, 0.717) is 12.3 Å². The molecule has 1 aromatic carbocycles. The van der Waals surface area contributed by atoms with Gasteiger partial charge in [0.2, 0.25) is 0 Å². The van der Waals surface area contributed by atoms with Crippen molar-refractivity contribution < 1.29 is 5.11 Å². The Morgan fingerprint density at radius 1 is 1.43 bits per heavy atom. The molecule has 2 heteroatoms. The van der Waals surface area contributed by atoms with E-state index in [4.69, 9.17) is 5.73 Å². The molecule has 0 aromatic heterocycles. The molecule has 0 heterocycles. The number of phenols is 1. The van der Waals surface area contributed by atoms with Crippen molar-refractivity contribution in [1.82, 2.24) is 0 Å². The van der Waals surface area contributed by atoms with E-state index in [-0.39, 0.29) is 5.41 Å². The number of phenolic OH excluding ortho intramolecular Hbond substituents is 1. The van der Waals surface area contributed by atoms with E-state index in [1.165, 1.54) is 18.4 Å². The summed E-state index contributed by atoms with van der Waals surface area (Å²) in [7, 11) is 0. The lowest BCUT2D eigenvalue weighted by Gasteiger charge is -2.16. The van der Waals surface area contributed by atoms with Crippen molar-refractivity contribution in [3.63, 3.8) is 0 Å². The lowest BCUT2D eigenvalue weighted by Crippen LogP contribution is -2.13. The second-order valence-corrected chi connectivity index (χ2v) is 4.34. The van der Waals surface area contributed by atoms with Crippen LogP contribution in [0.5, 0.6) is 5.75 Å². The Morgan fingerprint density at radius 3 is 2.71 bits per heavy atom. The highest BCUT2D eigenvalue weighted by Crippen LogP contribution is 2.53. The monoisotopic (exact) mass is 191 g/mol. The van der Waals surface area contributed by atoms with Gasteiger partial charge in [-0.2, -0.15) is 0 Å². The number of nitrogens with two attached hydrogens (primary N) is 1. The lowest BCUT2D eigenvalue weighted by atomic mass is 9.90. The molecular formula is C12H17NO. The number of rotatable bonds is 3. The van der Waals surface area contributed by atoms with Crippen molar-refractivity contribution in [2.75, 3.05) is 6.54 Å². The summed E-state index contributed by atoms with van der Waals surface area (Å²) in [6.45, 7) is 2.76. The molecule has 2 nitrogen and oxygen atoms in total. The lowest BCUT2D eigenvalue weighted by molar-refractivity contribution is 0.454. The number of aryl methyl sites for hydroxylation is 1. The maximum Gasteiger partial charge on any atom is 0.119 e. The molecule has 1 aliphatic carbocycles. The Balaban J connectivity index is 2.35. The van der Waals surface area contributed by atoms with Crippen LogP contribution in [0.3, 0.4) is 0 Å². The zero-order valence-corrected chi connectivity index (χ0v) is 8.59. The molecule has 0 spiro atoms. The van der Waals surface area contributed by atoms with Gasteiger partial charge in [-0.25, -0.2) is 0 Å². The fourth-order valence-electron chi connectivity index (χ4n) is 2.16. The molecule has 3 N–H and O–H groups in total. The molecule has 1 fully saturated rings. The Labute approximate surface area is 84.7 Å². The van der Waals surface area contributed by atoms with Gasteiger partial charge in [-0.05, 0) is 38.8 Å². The van der Waals surface area contributed by atoms with Gasteiger partial charge in [-0.15, -0.1) is 0 Å². The highest BCUT2D eigenvalue weighted by atomic mass is 16.3. The average molecular weight is 191 g/mol. The molecule has 0 bridgehead atoms. The quantitative estimate of drug-likeness (QED) is 0.768. The van der Waals surface area contributed by atoms with Crippen molar-refractivity contribution in [2.45, 2.75) is 31.6 Å². The number of aromatic hydroxyl groups is 1. The standard InChI is InChI=1S/C12H17NO/c1-9-2-3-11(14)10(8-9)12(4-5-12)6-7-13/h2-3,8,14H,4-7,13H2,1H3. The van der Waals surface area contributed by atoms with Crippen molar-refractivity contribution in [1.29, 1.82) is 0 Å². The van der Waals surface area contributed by atoms with E-state index in [9.17, 15) is 5.11 Å². The summed E-state index contributed by atoms with van der Waals surface area (Å²) in [6, 6.07) is 5.83. The highest BCUT2D eigenvalue weighted by molar-refractivity contribution is 5.44. The Morgan fingerprint density at radius 2 is 2.14 bits per heavy atom. The summed E-state index contributed by atoms with van der Waals surface area (Å²) in [5.41, 5.74) is 8.11. The molecule has 0 amide bonds. The van der Waals surface area contributed by atoms with Gasteiger partial charge in [0.05, 0.1) is 0 Å². The summed E-state index contributed by atoms with van der Waals surface area (Å²) in [5, 5.41) is 9.80. The minimum absolute atomic E-state index is 0.199.